The zero-order valence-electron chi connectivity index (χ0n) is 33.2. The maximum atomic E-state index is 13.7. The van der Waals surface area contributed by atoms with E-state index in [4.69, 9.17) is 35.8 Å². The third kappa shape index (κ3) is 8.09. The Morgan fingerprint density at radius 1 is 0.842 bits per heavy atom. The van der Waals surface area contributed by atoms with Gasteiger partial charge in [0.2, 0.25) is 11.8 Å². The number of benzene rings is 2. The van der Waals surface area contributed by atoms with Gasteiger partial charge in [-0.2, -0.15) is 0 Å². The number of amides is 4. The number of alkyl carbamates (subject to hydrolysis) is 2. The number of aliphatic imine (C=N–C) groups is 1. The van der Waals surface area contributed by atoms with E-state index in [2.05, 4.69) is 21.7 Å². The first-order valence-electron chi connectivity index (χ1n) is 19.6. The Hall–Kier alpha value is -5.37. The summed E-state index contributed by atoms with van der Waals surface area (Å²) in [4.78, 5) is 67.8. The van der Waals surface area contributed by atoms with Crippen LogP contribution in [0, 0.1) is 11.8 Å². The highest BCUT2D eigenvalue weighted by molar-refractivity contribution is 6.32. The van der Waals surface area contributed by atoms with Gasteiger partial charge in [0.1, 0.15) is 29.4 Å². The largest absolute Gasteiger partial charge is 0.457 e. The summed E-state index contributed by atoms with van der Waals surface area (Å²) in [6.07, 6.45) is 6.76. The van der Waals surface area contributed by atoms with E-state index in [1.165, 1.54) is 14.2 Å². The molecule has 5 heterocycles. The Kier molecular flexibility index (Phi) is 11.6. The van der Waals surface area contributed by atoms with Crippen molar-refractivity contribution in [3.05, 3.63) is 70.3 Å². The van der Waals surface area contributed by atoms with Gasteiger partial charge in [-0.05, 0) is 79.0 Å². The average molecular weight is 800 g/mol. The summed E-state index contributed by atoms with van der Waals surface area (Å²) in [5, 5.41) is 5.99. The van der Waals surface area contributed by atoms with Gasteiger partial charge in [-0.25, -0.2) is 14.6 Å². The average Bonchev–Trinajstić information content (AvgIpc) is 4.03. The minimum Gasteiger partial charge on any atom is -0.457 e. The Balaban J connectivity index is 1.02. The Morgan fingerprint density at radius 2 is 1.46 bits per heavy atom. The highest BCUT2D eigenvalue weighted by atomic mass is 35.5. The minimum atomic E-state index is -0.705. The number of aromatic amines is 1. The first kappa shape index (κ1) is 39.8. The van der Waals surface area contributed by atoms with Crippen LogP contribution in [0.4, 0.5) is 9.59 Å². The molecule has 15 heteroatoms. The normalized spacial score (nSPS) is 19.7. The van der Waals surface area contributed by atoms with Gasteiger partial charge in [0.05, 0.1) is 38.2 Å². The zero-order chi connectivity index (χ0) is 40.5. The molecule has 2 fully saturated rings. The summed E-state index contributed by atoms with van der Waals surface area (Å²) in [7, 11) is 2.57. The molecule has 0 radical (unpaired) electrons. The van der Waals surface area contributed by atoms with E-state index in [-0.39, 0.29) is 35.7 Å². The van der Waals surface area contributed by atoms with Crippen LogP contribution in [-0.2, 0) is 25.5 Å². The van der Waals surface area contributed by atoms with E-state index in [9.17, 15) is 19.2 Å². The van der Waals surface area contributed by atoms with E-state index in [0.29, 0.717) is 36.8 Å². The van der Waals surface area contributed by atoms with Crippen molar-refractivity contribution in [1.82, 2.24) is 30.4 Å². The van der Waals surface area contributed by atoms with Gasteiger partial charge in [-0.15, -0.1) is 0 Å². The molecule has 4 amide bonds. The second-order valence-corrected chi connectivity index (χ2v) is 16.2. The first-order chi connectivity index (χ1) is 27.4. The predicted octanol–water partition coefficient (Wildman–Crippen LogP) is 7.03. The van der Waals surface area contributed by atoms with Crippen molar-refractivity contribution in [2.45, 2.75) is 90.4 Å². The number of aromatic nitrogens is 2. The third-order valence-electron chi connectivity index (χ3n) is 11.4. The molecule has 1 aromatic heterocycles. The lowest BCUT2D eigenvalue weighted by Crippen LogP contribution is -2.53. The number of ether oxygens (including phenoxy) is 3. The molecule has 0 bridgehead atoms. The second-order valence-electron chi connectivity index (χ2n) is 15.8. The van der Waals surface area contributed by atoms with Gasteiger partial charge in [-0.3, -0.25) is 14.6 Å². The number of H-pyrrole nitrogens is 1. The lowest BCUT2D eigenvalue weighted by Gasteiger charge is -2.31. The van der Waals surface area contributed by atoms with Gasteiger partial charge in [0, 0.05) is 59.6 Å². The molecule has 14 nitrogen and oxygen atoms in total. The lowest BCUT2D eigenvalue weighted by molar-refractivity contribution is -0.135. The number of methoxy groups -OCH3 is 2. The van der Waals surface area contributed by atoms with Crippen LogP contribution in [0.1, 0.15) is 88.4 Å². The van der Waals surface area contributed by atoms with Crippen LogP contribution in [-0.4, -0.2) is 94.9 Å². The molecule has 2 aromatic carbocycles. The number of rotatable bonds is 10. The fourth-order valence-corrected chi connectivity index (χ4v) is 8.61. The number of halogens is 1. The maximum Gasteiger partial charge on any atom is 0.407 e. The zero-order valence-corrected chi connectivity index (χ0v) is 33.9. The molecule has 3 N–H and O–H groups in total. The van der Waals surface area contributed by atoms with Gasteiger partial charge in [-0.1, -0.05) is 39.3 Å². The van der Waals surface area contributed by atoms with Crippen molar-refractivity contribution in [3.63, 3.8) is 0 Å². The highest BCUT2D eigenvalue weighted by Crippen LogP contribution is 2.43. The van der Waals surface area contributed by atoms with Crippen molar-refractivity contribution in [3.8, 4) is 22.8 Å². The number of nitrogens with one attached hydrogen (secondary N) is 3. The Labute approximate surface area is 337 Å². The molecule has 57 heavy (non-hydrogen) atoms. The number of carbonyl (C=O) groups is 4. The number of hydrogen-bond donors (Lipinski definition) is 3. The summed E-state index contributed by atoms with van der Waals surface area (Å²) in [6, 6.07) is 8.16. The monoisotopic (exact) mass is 799 g/mol. The van der Waals surface area contributed by atoms with Crippen molar-refractivity contribution in [2.24, 2.45) is 16.8 Å². The highest BCUT2D eigenvalue weighted by Gasteiger charge is 2.40. The van der Waals surface area contributed by atoms with Crippen LogP contribution in [0.3, 0.4) is 0 Å². The van der Waals surface area contributed by atoms with Crippen LogP contribution >= 0.6 is 11.6 Å². The van der Waals surface area contributed by atoms with Crippen molar-refractivity contribution in [2.75, 3.05) is 27.3 Å². The molecule has 2 saturated heterocycles. The van der Waals surface area contributed by atoms with E-state index in [1.54, 1.807) is 11.1 Å². The summed E-state index contributed by atoms with van der Waals surface area (Å²) in [6.45, 7) is 8.76. The molecule has 4 aliphatic heterocycles. The van der Waals surface area contributed by atoms with Crippen LogP contribution in [0.2, 0.25) is 5.02 Å². The Bertz CT molecular complexity index is 2130. The molecule has 0 spiro atoms. The molecule has 0 unspecified atom stereocenters. The lowest BCUT2D eigenvalue weighted by atomic mass is 9.93. The quantitative estimate of drug-likeness (QED) is 0.154. The summed E-state index contributed by atoms with van der Waals surface area (Å²) in [5.74, 6) is 1.65. The van der Waals surface area contributed by atoms with Crippen LogP contribution in [0.15, 0.2) is 47.7 Å². The number of hydrogen-bond acceptors (Lipinski definition) is 9. The molecule has 0 aliphatic carbocycles. The third-order valence-corrected chi connectivity index (χ3v) is 11.7. The van der Waals surface area contributed by atoms with Crippen LogP contribution in [0.5, 0.6) is 11.5 Å². The van der Waals surface area contributed by atoms with Gasteiger partial charge < -0.3 is 39.6 Å². The van der Waals surface area contributed by atoms with Gasteiger partial charge in [0.25, 0.3) is 0 Å². The van der Waals surface area contributed by atoms with E-state index in [0.717, 1.165) is 76.4 Å². The van der Waals surface area contributed by atoms with Crippen molar-refractivity contribution < 1.29 is 33.4 Å². The van der Waals surface area contributed by atoms with E-state index in [1.807, 2.05) is 63.1 Å². The van der Waals surface area contributed by atoms with Crippen molar-refractivity contribution in [1.29, 1.82) is 0 Å². The smallest absolute Gasteiger partial charge is 0.407 e. The number of carbonyl (C=O) groups excluding carboxylic acids is 4. The topological polar surface area (TPSA) is 168 Å². The van der Waals surface area contributed by atoms with Crippen molar-refractivity contribution >= 4 is 46.9 Å². The maximum absolute atomic E-state index is 13.7. The fraction of sp³-hybridized carbons (Fsp3) is 0.476. The molecular weight excluding hydrogens is 750 g/mol. The van der Waals surface area contributed by atoms with Crippen LogP contribution in [0.25, 0.3) is 16.8 Å². The van der Waals surface area contributed by atoms with Gasteiger partial charge >= 0.3 is 12.2 Å². The van der Waals surface area contributed by atoms with Crippen LogP contribution < -0.4 is 15.4 Å². The minimum absolute atomic E-state index is 0.115. The molecule has 302 valence electrons. The number of fused-ring (bicyclic) bond motifs is 2. The predicted molar refractivity (Wildman–Crippen MR) is 215 cm³/mol. The summed E-state index contributed by atoms with van der Waals surface area (Å²) >= 11 is 6.96. The molecule has 0 saturated carbocycles. The molecular formula is C42H50ClN7O7. The SMILES string of the molecule is COC(=O)N[C@H](C(=O)N1CCC[C@H]1C1=NC=C(c2cc3c(cc2Cl)Cc2cc(-c4cnc([C@@H]5CCCN5C(=O)[C@@H](NC(=O)OC)C(C)C)[nH]4)ccc2O3)C1)C(C)C. The molecule has 3 aromatic rings. The van der Waals surface area contributed by atoms with Gasteiger partial charge in [0.15, 0.2) is 0 Å². The Morgan fingerprint density at radius 3 is 2.09 bits per heavy atom. The second kappa shape index (κ2) is 16.6. The van der Waals surface area contributed by atoms with E-state index >= 15 is 0 Å². The number of nitrogens with zero attached hydrogens (tertiary/aromatic N) is 4. The summed E-state index contributed by atoms with van der Waals surface area (Å²) in [5.41, 5.74) is 6.41. The number of likely N-dealkylation sites (tertiary alicyclic amines) is 2. The summed E-state index contributed by atoms with van der Waals surface area (Å²) < 4.78 is 16.0. The standard InChI is InChI=1S/C42H50ClN7O7/c1-22(2)36(47-41(53)55-5)39(51)49-13-7-9-32(49)30-18-27(20-44-30)28-19-35-26(17-29(28)43)16-25-15-24(11-12-34(25)57-35)31-21-45-38(46-31)33-10-8-14-50(33)40(52)37(23(3)4)48-42(54)56-6/h11-12,15,17,19-23,32-33,36-37H,7-10,13-14,16,18H2,1-6H3,(H,45,46)(H,47,53)(H,48,54)/t32-,33-,36-,37-/m0/s1. The molecule has 4 atom stereocenters. The number of allylic oxidation sites excluding steroid dienone is 1. The first-order valence-corrected chi connectivity index (χ1v) is 20.0. The van der Waals surface area contributed by atoms with E-state index < -0.39 is 24.3 Å². The fourth-order valence-electron chi connectivity index (χ4n) is 8.30. The molecule has 7 rings (SSSR count). The number of imidazole rings is 1. The molecule has 4 aliphatic rings.